The van der Waals surface area contributed by atoms with Crippen LogP contribution in [0.15, 0.2) is 42.5 Å². The van der Waals surface area contributed by atoms with E-state index in [2.05, 4.69) is 0 Å². The molecule has 0 fully saturated rings. The molecule has 0 atom stereocenters. The van der Waals surface area contributed by atoms with Crippen molar-refractivity contribution in [3.05, 3.63) is 59.2 Å². The largest absolute Gasteiger partial charge is 0.478 e. The van der Waals surface area contributed by atoms with Gasteiger partial charge in [-0.15, -0.1) is 0 Å². The summed E-state index contributed by atoms with van der Waals surface area (Å²) in [4.78, 5) is 34.5. The Morgan fingerprint density at radius 2 is 1.04 bits per heavy atom. The van der Waals surface area contributed by atoms with E-state index in [1.165, 1.54) is 42.5 Å². The zero-order chi connectivity index (χ0) is 16.7. The molecule has 114 valence electrons. The number of fused-ring (bicyclic) bond motifs is 2. The zero-order valence-corrected chi connectivity index (χ0v) is 11.6. The smallest absolute Gasteiger partial charge is 0.336 e. The Bertz CT molecular complexity index is 931. The summed E-state index contributed by atoms with van der Waals surface area (Å²) in [6.07, 6.45) is 0. The van der Waals surface area contributed by atoms with E-state index < -0.39 is 17.9 Å². The SMILES string of the molecule is O=C(O)c1cccc2c(C(=O)O)c3cccc(C(=O)O)c3cc12. The minimum Gasteiger partial charge on any atom is -0.478 e. The average Bonchev–Trinajstić information content (AvgIpc) is 2.50. The first-order chi connectivity index (χ1) is 10.9. The molecule has 0 amide bonds. The molecule has 0 saturated carbocycles. The van der Waals surface area contributed by atoms with Crippen molar-refractivity contribution >= 4 is 39.5 Å². The third kappa shape index (κ3) is 2.17. The van der Waals surface area contributed by atoms with Crippen molar-refractivity contribution in [3.8, 4) is 0 Å². The van der Waals surface area contributed by atoms with Crippen molar-refractivity contribution in [2.75, 3.05) is 0 Å². The standard InChI is InChI=1S/C17H10O6/c18-15(19)10-5-1-3-8-12(10)7-13-9(14(8)17(22)23)4-2-6-11(13)16(20)21/h1-7H,(H,18,19)(H,20,21)(H,22,23). The Hall–Kier alpha value is -3.41. The van der Waals surface area contributed by atoms with E-state index in [-0.39, 0.29) is 38.2 Å². The summed E-state index contributed by atoms with van der Waals surface area (Å²) in [5.74, 6) is -3.66. The van der Waals surface area contributed by atoms with Crippen LogP contribution in [-0.2, 0) is 0 Å². The van der Waals surface area contributed by atoms with Gasteiger partial charge >= 0.3 is 17.9 Å². The lowest BCUT2D eigenvalue weighted by Gasteiger charge is -2.11. The minimum absolute atomic E-state index is 0.0768. The van der Waals surface area contributed by atoms with Gasteiger partial charge < -0.3 is 15.3 Å². The summed E-state index contributed by atoms with van der Waals surface area (Å²) in [6.45, 7) is 0. The van der Waals surface area contributed by atoms with Crippen LogP contribution in [0.25, 0.3) is 21.5 Å². The van der Waals surface area contributed by atoms with E-state index in [0.717, 1.165) is 0 Å². The molecular weight excluding hydrogens is 300 g/mol. The molecule has 0 aromatic heterocycles. The minimum atomic E-state index is -1.24. The van der Waals surface area contributed by atoms with E-state index in [1.54, 1.807) is 0 Å². The van der Waals surface area contributed by atoms with Crippen LogP contribution in [0.5, 0.6) is 0 Å². The Labute approximate surface area is 129 Å². The van der Waals surface area contributed by atoms with E-state index in [0.29, 0.717) is 0 Å². The molecule has 3 aromatic rings. The van der Waals surface area contributed by atoms with Crippen molar-refractivity contribution in [1.29, 1.82) is 0 Å². The van der Waals surface area contributed by atoms with Gasteiger partial charge in [0.2, 0.25) is 0 Å². The van der Waals surface area contributed by atoms with Gasteiger partial charge in [0.25, 0.3) is 0 Å². The number of carboxylic acid groups (broad SMARTS) is 3. The first-order valence-corrected chi connectivity index (χ1v) is 6.60. The number of benzene rings is 3. The second-order valence-electron chi connectivity index (χ2n) is 4.97. The molecule has 23 heavy (non-hydrogen) atoms. The van der Waals surface area contributed by atoms with Crippen molar-refractivity contribution in [2.24, 2.45) is 0 Å². The Morgan fingerprint density at radius 1 is 0.609 bits per heavy atom. The molecule has 0 aliphatic carbocycles. The maximum Gasteiger partial charge on any atom is 0.336 e. The van der Waals surface area contributed by atoms with Gasteiger partial charge in [0, 0.05) is 0 Å². The lowest BCUT2D eigenvalue weighted by Crippen LogP contribution is -2.05. The zero-order valence-electron chi connectivity index (χ0n) is 11.6. The molecule has 6 heteroatoms. The Balaban J connectivity index is 2.64. The molecular formula is C17H10O6. The molecule has 0 saturated heterocycles. The van der Waals surface area contributed by atoms with Gasteiger partial charge in [0.05, 0.1) is 16.7 Å². The summed E-state index contributed by atoms with van der Waals surface area (Å²) in [7, 11) is 0. The lowest BCUT2D eigenvalue weighted by atomic mass is 9.92. The molecule has 0 heterocycles. The van der Waals surface area contributed by atoms with Crippen molar-refractivity contribution in [3.63, 3.8) is 0 Å². The highest BCUT2D eigenvalue weighted by Gasteiger charge is 2.20. The Kier molecular flexibility index (Phi) is 3.22. The molecule has 0 unspecified atom stereocenters. The molecule has 0 aliphatic heterocycles. The fraction of sp³-hybridized carbons (Fsp3) is 0. The Morgan fingerprint density at radius 3 is 1.39 bits per heavy atom. The number of carbonyl (C=O) groups is 3. The normalized spacial score (nSPS) is 10.8. The van der Waals surface area contributed by atoms with Gasteiger partial charge in [0.1, 0.15) is 0 Å². The molecule has 6 nitrogen and oxygen atoms in total. The van der Waals surface area contributed by atoms with Crippen LogP contribution in [-0.4, -0.2) is 33.2 Å². The molecule has 3 rings (SSSR count). The number of aromatic carboxylic acids is 3. The van der Waals surface area contributed by atoms with Crippen LogP contribution in [0, 0.1) is 0 Å². The maximum absolute atomic E-state index is 11.7. The maximum atomic E-state index is 11.7. The van der Waals surface area contributed by atoms with Crippen LogP contribution in [0.4, 0.5) is 0 Å². The highest BCUT2D eigenvalue weighted by molar-refractivity contribution is 6.21. The summed E-state index contributed by atoms with van der Waals surface area (Å²) >= 11 is 0. The van der Waals surface area contributed by atoms with E-state index in [4.69, 9.17) is 0 Å². The van der Waals surface area contributed by atoms with Gasteiger partial charge in [-0.25, -0.2) is 14.4 Å². The van der Waals surface area contributed by atoms with Crippen molar-refractivity contribution in [2.45, 2.75) is 0 Å². The molecule has 3 aromatic carbocycles. The second kappa shape index (κ2) is 5.10. The molecule has 0 spiro atoms. The van der Waals surface area contributed by atoms with Gasteiger partial charge in [-0.1, -0.05) is 24.3 Å². The number of hydrogen-bond acceptors (Lipinski definition) is 3. The first kappa shape index (κ1) is 14.5. The summed E-state index contributed by atoms with van der Waals surface area (Å²) in [5, 5.41) is 29.0. The van der Waals surface area contributed by atoms with Gasteiger partial charge in [-0.3, -0.25) is 0 Å². The summed E-state index contributed by atoms with van der Waals surface area (Å²) < 4.78 is 0. The second-order valence-corrected chi connectivity index (χ2v) is 4.97. The van der Waals surface area contributed by atoms with Crippen LogP contribution in [0.1, 0.15) is 31.1 Å². The third-order valence-corrected chi connectivity index (χ3v) is 3.71. The van der Waals surface area contributed by atoms with Crippen LogP contribution in [0.2, 0.25) is 0 Å². The third-order valence-electron chi connectivity index (χ3n) is 3.71. The monoisotopic (exact) mass is 310 g/mol. The van der Waals surface area contributed by atoms with E-state index in [1.807, 2.05) is 0 Å². The van der Waals surface area contributed by atoms with E-state index in [9.17, 15) is 29.7 Å². The number of carboxylic acids is 3. The first-order valence-electron chi connectivity index (χ1n) is 6.60. The fourth-order valence-corrected chi connectivity index (χ4v) is 2.77. The molecule has 3 N–H and O–H groups in total. The molecule has 0 radical (unpaired) electrons. The predicted octanol–water partition coefficient (Wildman–Crippen LogP) is 3.09. The summed E-state index contributed by atoms with van der Waals surface area (Å²) in [6, 6.07) is 10.1. The average molecular weight is 310 g/mol. The van der Waals surface area contributed by atoms with Crippen LogP contribution >= 0.6 is 0 Å². The van der Waals surface area contributed by atoms with Crippen molar-refractivity contribution < 1.29 is 29.7 Å². The van der Waals surface area contributed by atoms with Gasteiger partial charge in [0.15, 0.2) is 0 Å². The van der Waals surface area contributed by atoms with Gasteiger partial charge in [-0.05, 0) is 39.7 Å². The predicted molar refractivity (Wildman–Crippen MR) is 82.3 cm³/mol. The van der Waals surface area contributed by atoms with Crippen LogP contribution < -0.4 is 0 Å². The molecule has 0 aliphatic rings. The number of hydrogen-bond donors (Lipinski definition) is 3. The number of rotatable bonds is 3. The highest BCUT2D eigenvalue weighted by atomic mass is 16.4. The quantitative estimate of drug-likeness (QED) is 0.641. The van der Waals surface area contributed by atoms with Gasteiger partial charge in [-0.2, -0.15) is 0 Å². The van der Waals surface area contributed by atoms with Crippen molar-refractivity contribution in [1.82, 2.24) is 0 Å². The lowest BCUT2D eigenvalue weighted by molar-refractivity contribution is 0.0687. The van der Waals surface area contributed by atoms with Crippen LogP contribution in [0.3, 0.4) is 0 Å². The molecule has 0 bridgehead atoms. The van der Waals surface area contributed by atoms with E-state index >= 15 is 0 Å². The topological polar surface area (TPSA) is 112 Å². The highest BCUT2D eigenvalue weighted by Crippen LogP contribution is 2.32. The fourth-order valence-electron chi connectivity index (χ4n) is 2.77. The summed E-state index contributed by atoms with van der Waals surface area (Å²) in [5.41, 5.74) is -0.261.